The summed E-state index contributed by atoms with van der Waals surface area (Å²) in [5.41, 5.74) is 16.9. The van der Waals surface area contributed by atoms with E-state index in [4.69, 9.17) is 16.2 Å². The van der Waals surface area contributed by atoms with Crippen LogP contribution >= 0.6 is 11.3 Å². The molecular formula is C17H24N4OS. The lowest BCUT2D eigenvalue weighted by molar-refractivity contribution is 0.0114. The Labute approximate surface area is 140 Å². The monoisotopic (exact) mass is 332 g/mol. The van der Waals surface area contributed by atoms with E-state index in [2.05, 4.69) is 9.97 Å². The minimum absolute atomic E-state index is 0.360. The van der Waals surface area contributed by atoms with Gasteiger partial charge in [0.2, 0.25) is 0 Å². The van der Waals surface area contributed by atoms with Crippen molar-refractivity contribution in [3.63, 3.8) is 0 Å². The van der Waals surface area contributed by atoms with Crippen LogP contribution in [-0.2, 0) is 11.2 Å². The molecule has 3 rings (SSSR count). The fraction of sp³-hybridized carbons (Fsp3) is 0.529. The summed E-state index contributed by atoms with van der Waals surface area (Å²) in [5.74, 6) is 0. The van der Waals surface area contributed by atoms with Gasteiger partial charge in [0.1, 0.15) is 6.33 Å². The lowest BCUT2D eigenvalue weighted by Gasteiger charge is -2.22. The summed E-state index contributed by atoms with van der Waals surface area (Å²) in [4.78, 5) is 8.95. The number of anilines is 1. The van der Waals surface area contributed by atoms with E-state index in [1.165, 1.54) is 12.8 Å². The van der Waals surface area contributed by atoms with Gasteiger partial charge in [-0.2, -0.15) is 0 Å². The summed E-state index contributed by atoms with van der Waals surface area (Å²) >= 11 is 1.56. The Balaban J connectivity index is 1.90. The highest BCUT2D eigenvalue weighted by molar-refractivity contribution is 7.23. The molecule has 2 aromatic rings. The summed E-state index contributed by atoms with van der Waals surface area (Å²) in [5, 5.41) is 0.762. The molecule has 3 heterocycles. The van der Waals surface area contributed by atoms with Crippen LogP contribution in [0, 0.1) is 0 Å². The molecule has 1 aliphatic heterocycles. The Kier molecular flexibility index (Phi) is 4.82. The minimum Gasteiger partial charge on any atom is -0.402 e. The lowest BCUT2D eigenvalue weighted by atomic mass is 10.0. The molecule has 124 valence electrons. The normalized spacial score (nSPS) is 19.8. The topological polar surface area (TPSA) is 87.0 Å². The Morgan fingerprint density at radius 2 is 2.17 bits per heavy atom. The van der Waals surface area contributed by atoms with Crippen molar-refractivity contribution in [1.29, 1.82) is 0 Å². The van der Waals surface area contributed by atoms with Gasteiger partial charge in [-0.15, -0.1) is 11.3 Å². The lowest BCUT2D eigenvalue weighted by Crippen LogP contribution is -2.19. The van der Waals surface area contributed by atoms with Gasteiger partial charge in [0.25, 0.3) is 0 Å². The number of allylic oxidation sites excluding steroid dienone is 2. The van der Waals surface area contributed by atoms with Crippen molar-refractivity contribution in [2.45, 2.75) is 52.1 Å². The van der Waals surface area contributed by atoms with Crippen molar-refractivity contribution in [3.8, 4) is 0 Å². The van der Waals surface area contributed by atoms with E-state index in [0.717, 1.165) is 63.6 Å². The van der Waals surface area contributed by atoms with Gasteiger partial charge >= 0.3 is 0 Å². The maximum absolute atomic E-state index is 6.24. The third-order valence-corrected chi connectivity index (χ3v) is 5.57. The first-order chi connectivity index (χ1) is 11.1. The van der Waals surface area contributed by atoms with Gasteiger partial charge in [0.05, 0.1) is 27.0 Å². The number of thiophene rings is 1. The largest absolute Gasteiger partial charge is 0.402 e. The molecule has 1 fully saturated rings. The van der Waals surface area contributed by atoms with Gasteiger partial charge in [-0.05, 0) is 51.5 Å². The third kappa shape index (κ3) is 3.33. The second kappa shape index (κ2) is 6.84. The van der Waals surface area contributed by atoms with Crippen LogP contribution in [0.5, 0.6) is 0 Å². The van der Waals surface area contributed by atoms with Gasteiger partial charge in [-0.25, -0.2) is 9.97 Å². The number of nitrogen functional groups attached to an aromatic ring is 1. The van der Waals surface area contributed by atoms with Crippen molar-refractivity contribution in [3.05, 3.63) is 23.3 Å². The predicted molar refractivity (Wildman–Crippen MR) is 96.2 cm³/mol. The quantitative estimate of drug-likeness (QED) is 0.895. The molecule has 0 saturated carbocycles. The van der Waals surface area contributed by atoms with E-state index < -0.39 is 0 Å². The van der Waals surface area contributed by atoms with Crippen LogP contribution in [0.4, 0.5) is 5.00 Å². The van der Waals surface area contributed by atoms with E-state index in [1.54, 1.807) is 17.7 Å². The van der Waals surface area contributed by atoms with Crippen molar-refractivity contribution in [2.24, 2.45) is 5.73 Å². The second-order valence-electron chi connectivity index (χ2n) is 6.17. The average molecular weight is 332 g/mol. The zero-order valence-corrected chi connectivity index (χ0v) is 14.6. The van der Waals surface area contributed by atoms with Gasteiger partial charge < -0.3 is 16.2 Å². The molecule has 5 nitrogen and oxygen atoms in total. The van der Waals surface area contributed by atoms with Crippen LogP contribution in [0.3, 0.4) is 0 Å². The van der Waals surface area contributed by atoms with Crippen molar-refractivity contribution >= 4 is 32.1 Å². The highest BCUT2D eigenvalue weighted by Crippen LogP contribution is 2.38. The maximum atomic E-state index is 6.24. The molecule has 6 heteroatoms. The molecule has 0 aliphatic carbocycles. The zero-order valence-electron chi connectivity index (χ0n) is 13.8. The number of aryl methyl sites for hydroxylation is 1. The number of fused-ring (bicyclic) bond motifs is 1. The van der Waals surface area contributed by atoms with Crippen LogP contribution < -0.4 is 11.5 Å². The van der Waals surface area contributed by atoms with Crippen LogP contribution in [-0.4, -0.2) is 22.7 Å². The molecule has 23 heavy (non-hydrogen) atoms. The highest BCUT2D eigenvalue weighted by Gasteiger charge is 2.19. The van der Waals surface area contributed by atoms with E-state index in [9.17, 15) is 0 Å². The Hall–Kier alpha value is -1.66. The molecular weight excluding hydrogens is 308 g/mol. The molecule has 0 radical (unpaired) electrons. The maximum Gasteiger partial charge on any atom is 0.116 e. The average Bonchev–Trinajstić information content (AvgIpc) is 2.89. The van der Waals surface area contributed by atoms with Gasteiger partial charge in [-0.1, -0.05) is 0 Å². The van der Waals surface area contributed by atoms with E-state index in [0.29, 0.717) is 6.10 Å². The first kappa shape index (κ1) is 16.2. The standard InChI is InChI=1S/C17H24N4OS/c1-10(11(2)18)14-15-16(23-17(14)19)13(20-9-21-15)7-6-12-5-3-4-8-22-12/h9,12H,3-8,18-19H2,1-2H3/b11-10-. The molecule has 4 N–H and O–H groups in total. The van der Waals surface area contributed by atoms with Crippen molar-refractivity contribution < 1.29 is 4.74 Å². The predicted octanol–water partition coefficient (Wildman–Crippen LogP) is 3.48. The molecule has 0 amide bonds. The Bertz CT molecular complexity index is 728. The molecule has 1 saturated heterocycles. The third-order valence-electron chi connectivity index (χ3n) is 4.52. The molecule has 1 aliphatic rings. The summed E-state index contributed by atoms with van der Waals surface area (Å²) in [6.45, 7) is 4.77. The van der Waals surface area contributed by atoms with Gasteiger partial charge in [0, 0.05) is 17.9 Å². The molecule has 0 spiro atoms. The van der Waals surface area contributed by atoms with Crippen LogP contribution in [0.2, 0.25) is 0 Å². The summed E-state index contributed by atoms with van der Waals surface area (Å²) in [7, 11) is 0. The molecule has 2 aromatic heterocycles. The number of hydrogen-bond donors (Lipinski definition) is 2. The van der Waals surface area contributed by atoms with Gasteiger partial charge in [-0.3, -0.25) is 0 Å². The summed E-state index contributed by atoms with van der Waals surface area (Å²) < 4.78 is 6.90. The zero-order chi connectivity index (χ0) is 16.4. The van der Waals surface area contributed by atoms with Crippen molar-refractivity contribution in [1.82, 2.24) is 9.97 Å². The fourth-order valence-corrected chi connectivity index (χ4v) is 4.14. The van der Waals surface area contributed by atoms with Crippen LogP contribution in [0.1, 0.15) is 50.8 Å². The van der Waals surface area contributed by atoms with Crippen LogP contribution in [0.15, 0.2) is 12.0 Å². The van der Waals surface area contributed by atoms with Gasteiger partial charge in [0.15, 0.2) is 0 Å². The van der Waals surface area contributed by atoms with Crippen LogP contribution in [0.25, 0.3) is 15.8 Å². The Morgan fingerprint density at radius 3 is 2.87 bits per heavy atom. The van der Waals surface area contributed by atoms with Crippen molar-refractivity contribution in [2.75, 3.05) is 12.3 Å². The minimum atomic E-state index is 0.360. The van der Waals surface area contributed by atoms with E-state index in [1.807, 2.05) is 13.8 Å². The number of aromatic nitrogens is 2. The summed E-state index contributed by atoms with van der Waals surface area (Å²) in [6, 6.07) is 0. The number of rotatable bonds is 4. The van der Waals surface area contributed by atoms with E-state index in [-0.39, 0.29) is 0 Å². The SMILES string of the molecule is C/C(N)=C(\C)c1c(N)sc2c(CCC3CCCCO3)ncnc12. The summed E-state index contributed by atoms with van der Waals surface area (Å²) in [6.07, 6.45) is 7.49. The fourth-order valence-electron chi connectivity index (χ4n) is 3.04. The highest BCUT2D eigenvalue weighted by atomic mass is 32.1. The Morgan fingerprint density at radius 1 is 1.35 bits per heavy atom. The molecule has 1 atom stereocenters. The number of nitrogens with zero attached hydrogens (tertiary/aromatic N) is 2. The van der Waals surface area contributed by atoms with E-state index >= 15 is 0 Å². The first-order valence-corrected chi connectivity index (χ1v) is 8.96. The smallest absolute Gasteiger partial charge is 0.116 e. The number of nitrogens with two attached hydrogens (primary N) is 2. The second-order valence-corrected chi connectivity index (χ2v) is 7.23. The first-order valence-electron chi connectivity index (χ1n) is 8.14. The number of ether oxygens (including phenoxy) is 1. The number of hydrogen-bond acceptors (Lipinski definition) is 6. The molecule has 0 aromatic carbocycles. The molecule has 1 unspecified atom stereocenters. The molecule has 0 bridgehead atoms.